The summed E-state index contributed by atoms with van der Waals surface area (Å²) < 4.78 is 1.05. The van der Waals surface area contributed by atoms with E-state index >= 15 is 0 Å². The monoisotopic (exact) mass is 348 g/mol. The minimum Gasteiger partial charge on any atom is -0.265 e. The zero-order valence-corrected chi connectivity index (χ0v) is 13.1. The first-order valence-electron chi connectivity index (χ1n) is 5.28. The third-order valence-electron chi connectivity index (χ3n) is 2.40. The van der Waals surface area contributed by atoms with Crippen LogP contribution in [0.25, 0.3) is 0 Å². The Morgan fingerprint density at radius 1 is 1.35 bits per heavy atom. The van der Waals surface area contributed by atoms with E-state index in [1.54, 1.807) is 19.1 Å². The van der Waals surface area contributed by atoms with E-state index in [9.17, 15) is 4.79 Å². The topological polar surface area (TPSA) is 63.0 Å². The van der Waals surface area contributed by atoms with Crippen LogP contribution < -0.4 is 5.56 Å². The van der Waals surface area contributed by atoms with Gasteiger partial charge in [0.05, 0.1) is 21.3 Å². The Morgan fingerprint density at radius 3 is 2.70 bits per heavy atom. The van der Waals surface area contributed by atoms with Gasteiger partial charge in [0.15, 0.2) is 0 Å². The van der Waals surface area contributed by atoms with Gasteiger partial charge in [0, 0.05) is 5.56 Å². The molecule has 0 saturated carbocycles. The number of nitrogens with one attached hydrogen (secondary N) is 1. The van der Waals surface area contributed by atoms with E-state index in [1.165, 1.54) is 6.21 Å². The highest BCUT2D eigenvalue weighted by Gasteiger charge is 2.08. The molecule has 0 atom stereocenters. The smallest absolute Gasteiger partial charge is 0.265 e. The van der Waals surface area contributed by atoms with Crippen molar-refractivity contribution in [2.24, 2.45) is 5.10 Å². The van der Waals surface area contributed by atoms with Crippen molar-refractivity contribution in [2.45, 2.75) is 6.92 Å². The molecule has 0 unspecified atom stereocenters. The van der Waals surface area contributed by atoms with Gasteiger partial charge in [-0.05, 0) is 31.3 Å². The number of aromatic nitrogens is 3. The van der Waals surface area contributed by atoms with E-state index in [-0.39, 0.29) is 15.5 Å². The van der Waals surface area contributed by atoms with Crippen molar-refractivity contribution in [1.82, 2.24) is 14.9 Å². The van der Waals surface area contributed by atoms with Gasteiger partial charge in [-0.15, -0.1) is 0 Å². The zero-order valence-electron chi connectivity index (χ0n) is 10.0. The first-order chi connectivity index (χ1) is 9.41. The summed E-state index contributed by atoms with van der Waals surface area (Å²) in [6.45, 7) is 1.54. The van der Waals surface area contributed by atoms with Crippen LogP contribution in [0.15, 0.2) is 22.0 Å². The van der Waals surface area contributed by atoms with Crippen molar-refractivity contribution in [3.63, 3.8) is 0 Å². The molecule has 0 spiro atoms. The summed E-state index contributed by atoms with van der Waals surface area (Å²) >= 11 is 22.9. The van der Waals surface area contributed by atoms with Crippen molar-refractivity contribution in [3.8, 4) is 0 Å². The highest BCUT2D eigenvalue weighted by atomic mass is 35.5. The normalized spacial score (nSPS) is 11.2. The third-order valence-corrected chi connectivity index (χ3v) is 3.81. The molecule has 2 rings (SSSR count). The van der Waals surface area contributed by atoms with Crippen LogP contribution >= 0.6 is 47.0 Å². The predicted molar refractivity (Wildman–Crippen MR) is 82.9 cm³/mol. The Bertz CT molecular complexity index is 812. The summed E-state index contributed by atoms with van der Waals surface area (Å²) in [6, 6.07) is 3.15. The fraction of sp³-hybridized carbons (Fsp3) is 0.0909. The summed E-state index contributed by atoms with van der Waals surface area (Å²) in [5.74, 6) is 0. The fourth-order valence-electron chi connectivity index (χ4n) is 1.35. The number of rotatable bonds is 2. The van der Waals surface area contributed by atoms with Crippen molar-refractivity contribution in [3.05, 3.63) is 53.6 Å². The maximum atomic E-state index is 11.9. The molecule has 2 aromatic rings. The first-order valence-corrected chi connectivity index (χ1v) is 6.82. The molecule has 104 valence electrons. The molecule has 0 aliphatic carbocycles. The van der Waals surface area contributed by atoms with Crippen LogP contribution in [0.4, 0.5) is 0 Å². The minimum atomic E-state index is -0.431. The molecular weight excluding hydrogens is 343 g/mol. The number of aromatic amines is 1. The van der Waals surface area contributed by atoms with Gasteiger partial charge in [0.2, 0.25) is 4.77 Å². The van der Waals surface area contributed by atoms with E-state index in [4.69, 9.17) is 47.0 Å². The van der Waals surface area contributed by atoms with Crippen LogP contribution in [0.5, 0.6) is 0 Å². The van der Waals surface area contributed by atoms with Crippen LogP contribution in [0, 0.1) is 11.7 Å². The van der Waals surface area contributed by atoms with E-state index in [1.807, 2.05) is 0 Å². The molecule has 20 heavy (non-hydrogen) atoms. The summed E-state index contributed by atoms with van der Waals surface area (Å²) in [6.07, 6.45) is 1.32. The number of nitrogens with zero attached hydrogens (tertiary/aromatic N) is 3. The minimum absolute atomic E-state index is 0.0612. The molecule has 0 aliphatic rings. The SMILES string of the molecule is Cc1n[nH]c(=S)n(N=Cc2c(Cl)ccc(Cl)c2Cl)c1=O. The summed E-state index contributed by atoms with van der Waals surface area (Å²) in [7, 11) is 0. The highest BCUT2D eigenvalue weighted by Crippen LogP contribution is 2.29. The summed E-state index contributed by atoms with van der Waals surface area (Å²) in [4.78, 5) is 11.9. The Labute approximate surface area is 133 Å². The number of benzene rings is 1. The number of hydrogen-bond acceptors (Lipinski definition) is 4. The van der Waals surface area contributed by atoms with Crippen molar-refractivity contribution < 1.29 is 0 Å². The lowest BCUT2D eigenvalue weighted by molar-refractivity contribution is 0.720. The molecule has 0 radical (unpaired) electrons. The van der Waals surface area contributed by atoms with Gasteiger partial charge in [-0.25, -0.2) is 0 Å². The van der Waals surface area contributed by atoms with Crippen LogP contribution in [0.2, 0.25) is 15.1 Å². The Hall–Kier alpha value is -1.21. The Morgan fingerprint density at radius 2 is 2.00 bits per heavy atom. The Kier molecular flexibility index (Phi) is 4.59. The van der Waals surface area contributed by atoms with Crippen LogP contribution in [-0.4, -0.2) is 21.1 Å². The molecule has 1 aromatic carbocycles. The maximum Gasteiger partial charge on any atom is 0.296 e. The molecule has 0 fully saturated rings. The lowest BCUT2D eigenvalue weighted by atomic mass is 10.2. The second-order valence-electron chi connectivity index (χ2n) is 3.73. The molecule has 1 heterocycles. The fourth-order valence-corrected chi connectivity index (χ4v) is 2.16. The average molecular weight is 350 g/mol. The first kappa shape index (κ1) is 15.2. The van der Waals surface area contributed by atoms with E-state index < -0.39 is 5.56 Å². The zero-order chi connectivity index (χ0) is 14.9. The number of H-pyrrole nitrogens is 1. The standard InChI is InChI=1S/C11H7Cl3N4OS/c1-5-10(19)18(11(20)17-16-5)15-4-6-7(12)2-3-8(13)9(6)14/h2-4H,1H3,(H,17,20). The lowest BCUT2D eigenvalue weighted by Gasteiger charge is -2.03. The van der Waals surface area contributed by atoms with Crippen LogP contribution in [-0.2, 0) is 0 Å². The molecule has 1 aromatic heterocycles. The number of aryl methyl sites for hydroxylation is 1. The second-order valence-corrected chi connectivity index (χ2v) is 5.31. The van der Waals surface area contributed by atoms with Gasteiger partial charge in [0.25, 0.3) is 5.56 Å². The van der Waals surface area contributed by atoms with Gasteiger partial charge in [-0.3, -0.25) is 9.89 Å². The lowest BCUT2D eigenvalue weighted by Crippen LogP contribution is -2.22. The molecule has 0 bridgehead atoms. The number of halogens is 3. The highest BCUT2D eigenvalue weighted by molar-refractivity contribution is 7.71. The molecule has 0 aliphatic heterocycles. The number of hydrogen-bond donors (Lipinski definition) is 1. The largest absolute Gasteiger partial charge is 0.296 e. The van der Waals surface area contributed by atoms with Crippen molar-refractivity contribution in [2.75, 3.05) is 0 Å². The van der Waals surface area contributed by atoms with Crippen molar-refractivity contribution in [1.29, 1.82) is 0 Å². The van der Waals surface area contributed by atoms with Gasteiger partial charge < -0.3 is 0 Å². The molecule has 0 amide bonds. The quantitative estimate of drug-likeness (QED) is 0.513. The van der Waals surface area contributed by atoms with E-state index in [0.717, 1.165) is 4.68 Å². The molecule has 9 heteroatoms. The third kappa shape index (κ3) is 2.93. The summed E-state index contributed by atoms with van der Waals surface area (Å²) in [5, 5.41) is 11.2. The van der Waals surface area contributed by atoms with Crippen LogP contribution in [0.3, 0.4) is 0 Å². The second kappa shape index (κ2) is 6.05. The van der Waals surface area contributed by atoms with Crippen LogP contribution in [0.1, 0.15) is 11.3 Å². The van der Waals surface area contributed by atoms with Crippen molar-refractivity contribution >= 4 is 53.2 Å². The molecule has 0 saturated heterocycles. The van der Waals surface area contributed by atoms with E-state index in [0.29, 0.717) is 15.6 Å². The van der Waals surface area contributed by atoms with Gasteiger partial charge in [-0.2, -0.15) is 14.9 Å². The van der Waals surface area contributed by atoms with E-state index in [2.05, 4.69) is 15.3 Å². The van der Waals surface area contributed by atoms with Gasteiger partial charge >= 0.3 is 0 Å². The molecule has 1 N–H and O–H groups in total. The maximum absolute atomic E-state index is 11.9. The average Bonchev–Trinajstić information content (AvgIpc) is 2.42. The van der Waals surface area contributed by atoms with Gasteiger partial charge in [-0.1, -0.05) is 34.8 Å². The molecule has 5 nitrogen and oxygen atoms in total. The van der Waals surface area contributed by atoms with Gasteiger partial charge in [0.1, 0.15) is 5.69 Å². The Balaban J connectivity index is 2.57. The summed E-state index contributed by atoms with van der Waals surface area (Å²) in [5.41, 5.74) is 0.204. The predicted octanol–water partition coefficient (Wildman–Crippen LogP) is 3.45. The molecular formula is C11H7Cl3N4OS.